The van der Waals surface area contributed by atoms with Crippen LogP contribution in [0.5, 0.6) is 5.75 Å². The molecule has 0 saturated carbocycles. The molecule has 0 unspecified atom stereocenters. The molecule has 3 rings (SSSR count). The summed E-state index contributed by atoms with van der Waals surface area (Å²) in [7, 11) is 0. The normalized spacial score (nSPS) is 10.6. The SMILES string of the molecule is CC.CCOC(=O)COc1ccc(C(C)(C)c2ccccc2-c2ccc(C)cc2)cc1. The van der Waals surface area contributed by atoms with Crippen molar-refractivity contribution in [2.75, 3.05) is 13.2 Å². The molecule has 3 heteroatoms. The number of benzene rings is 3. The van der Waals surface area contributed by atoms with Crippen molar-refractivity contribution < 1.29 is 14.3 Å². The van der Waals surface area contributed by atoms with E-state index >= 15 is 0 Å². The van der Waals surface area contributed by atoms with Crippen LogP contribution in [0.4, 0.5) is 0 Å². The van der Waals surface area contributed by atoms with Gasteiger partial charge in [0.2, 0.25) is 0 Å². The van der Waals surface area contributed by atoms with Crippen molar-refractivity contribution >= 4 is 5.97 Å². The number of carbonyl (C=O) groups excluding carboxylic acids is 1. The van der Waals surface area contributed by atoms with E-state index in [4.69, 9.17) is 9.47 Å². The first kappa shape index (κ1) is 24.2. The lowest BCUT2D eigenvalue weighted by molar-refractivity contribution is -0.145. The molecule has 0 aliphatic heterocycles. The summed E-state index contributed by atoms with van der Waals surface area (Å²) in [6.07, 6.45) is 0. The lowest BCUT2D eigenvalue weighted by atomic mass is 9.75. The van der Waals surface area contributed by atoms with E-state index in [0.717, 1.165) is 0 Å². The number of hydrogen-bond donors (Lipinski definition) is 0. The number of hydrogen-bond acceptors (Lipinski definition) is 3. The number of esters is 1. The second-order valence-corrected chi connectivity index (χ2v) is 7.65. The molecular weight excluding hydrogens is 384 g/mol. The maximum atomic E-state index is 11.5. The highest BCUT2D eigenvalue weighted by molar-refractivity contribution is 5.71. The zero-order valence-corrected chi connectivity index (χ0v) is 19.6. The predicted molar refractivity (Wildman–Crippen MR) is 129 cm³/mol. The van der Waals surface area contributed by atoms with Gasteiger partial charge in [-0.15, -0.1) is 0 Å². The van der Waals surface area contributed by atoms with E-state index in [9.17, 15) is 4.79 Å². The van der Waals surface area contributed by atoms with Gasteiger partial charge in [-0.1, -0.05) is 93.9 Å². The molecule has 3 nitrogen and oxygen atoms in total. The van der Waals surface area contributed by atoms with E-state index < -0.39 is 0 Å². The van der Waals surface area contributed by atoms with E-state index in [1.54, 1.807) is 6.92 Å². The molecule has 0 atom stereocenters. The van der Waals surface area contributed by atoms with Crippen LogP contribution in [0.1, 0.15) is 51.3 Å². The minimum Gasteiger partial charge on any atom is -0.482 e. The fourth-order valence-electron chi connectivity index (χ4n) is 3.48. The van der Waals surface area contributed by atoms with E-state index in [-0.39, 0.29) is 18.0 Å². The summed E-state index contributed by atoms with van der Waals surface area (Å²) in [6.45, 7) is 12.6. The molecule has 0 radical (unpaired) electrons. The second kappa shape index (κ2) is 11.4. The van der Waals surface area contributed by atoms with Crippen LogP contribution in [0.25, 0.3) is 11.1 Å². The van der Waals surface area contributed by atoms with Gasteiger partial charge in [0, 0.05) is 5.41 Å². The van der Waals surface area contributed by atoms with Crippen molar-refractivity contribution in [3.63, 3.8) is 0 Å². The summed E-state index contributed by atoms with van der Waals surface area (Å²) < 4.78 is 10.4. The molecule has 0 saturated heterocycles. The average molecular weight is 419 g/mol. The average Bonchev–Trinajstić information content (AvgIpc) is 2.80. The van der Waals surface area contributed by atoms with Crippen molar-refractivity contribution in [3.8, 4) is 16.9 Å². The summed E-state index contributed by atoms with van der Waals surface area (Å²) in [4.78, 5) is 11.5. The van der Waals surface area contributed by atoms with Crippen molar-refractivity contribution in [3.05, 3.63) is 89.5 Å². The van der Waals surface area contributed by atoms with Gasteiger partial charge in [0.15, 0.2) is 6.61 Å². The quantitative estimate of drug-likeness (QED) is 0.389. The number of ether oxygens (including phenoxy) is 2. The highest BCUT2D eigenvalue weighted by Crippen LogP contribution is 2.38. The van der Waals surface area contributed by atoms with Gasteiger partial charge in [-0.25, -0.2) is 4.79 Å². The lowest BCUT2D eigenvalue weighted by Crippen LogP contribution is -2.20. The van der Waals surface area contributed by atoms with E-state index in [0.29, 0.717) is 12.4 Å². The molecule has 0 aromatic heterocycles. The molecule has 0 bridgehead atoms. The fraction of sp³-hybridized carbons (Fsp3) is 0.321. The van der Waals surface area contributed by atoms with Crippen LogP contribution < -0.4 is 4.74 Å². The van der Waals surface area contributed by atoms with Gasteiger partial charge in [-0.05, 0) is 48.2 Å². The highest BCUT2D eigenvalue weighted by Gasteiger charge is 2.26. The molecule has 0 aliphatic carbocycles. The number of aryl methyl sites for hydroxylation is 1. The first-order chi connectivity index (χ1) is 14.9. The molecule has 0 spiro atoms. The van der Waals surface area contributed by atoms with Gasteiger partial charge >= 0.3 is 5.97 Å². The van der Waals surface area contributed by atoms with E-state index in [1.807, 2.05) is 26.0 Å². The third kappa shape index (κ3) is 6.21. The van der Waals surface area contributed by atoms with Gasteiger partial charge in [0.1, 0.15) is 5.75 Å². The molecule has 0 N–H and O–H groups in total. The maximum Gasteiger partial charge on any atom is 0.344 e. The molecule has 3 aromatic rings. The fourth-order valence-corrected chi connectivity index (χ4v) is 3.48. The van der Waals surface area contributed by atoms with Crippen molar-refractivity contribution in [2.45, 2.75) is 47.0 Å². The van der Waals surface area contributed by atoms with Crippen LogP contribution in [0.2, 0.25) is 0 Å². The van der Waals surface area contributed by atoms with E-state index in [2.05, 4.69) is 81.4 Å². The summed E-state index contributed by atoms with van der Waals surface area (Å²) in [5.41, 5.74) is 5.96. The van der Waals surface area contributed by atoms with Crippen LogP contribution in [0.15, 0.2) is 72.8 Å². The first-order valence-electron chi connectivity index (χ1n) is 11.0. The minimum atomic E-state index is -0.357. The van der Waals surface area contributed by atoms with Crippen LogP contribution in [0, 0.1) is 6.92 Å². The molecule has 31 heavy (non-hydrogen) atoms. The summed E-state index contributed by atoms with van der Waals surface area (Å²) in [5, 5.41) is 0. The molecule has 0 heterocycles. The summed E-state index contributed by atoms with van der Waals surface area (Å²) >= 11 is 0. The van der Waals surface area contributed by atoms with Crippen molar-refractivity contribution in [2.24, 2.45) is 0 Å². The Labute approximate surface area is 187 Å². The predicted octanol–water partition coefficient (Wildman–Crippen LogP) is 6.96. The number of carbonyl (C=O) groups is 1. The zero-order chi connectivity index (χ0) is 22.9. The van der Waals surface area contributed by atoms with Crippen LogP contribution in [-0.2, 0) is 14.9 Å². The van der Waals surface area contributed by atoms with Gasteiger partial charge < -0.3 is 9.47 Å². The van der Waals surface area contributed by atoms with Crippen LogP contribution in [-0.4, -0.2) is 19.2 Å². The maximum absolute atomic E-state index is 11.5. The standard InChI is InChI=1S/C26H28O3.C2H6/c1-5-28-25(27)18-29-22-16-14-21(15-17-22)26(3,4)24-9-7-6-8-23(24)20-12-10-19(2)11-13-20;1-2/h6-17H,5,18H2,1-4H3;1-2H3. The third-order valence-electron chi connectivity index (χ3n) is 5.20. The van der Waals surface area contributed by atoms with Crippen LogP contribution in [0.3, 0.4) is 0 Å². The third-order valence-corrected chi connectivity index (χ3v) is 5.20. The Hall–Kier alpha value is -3.07. The topological polar surface area (TPSA) is 35.5 Å². The van der Waals surface area contributed by atoms with Gasteiger partial charge in [0.05, 0.1) is 6.61 Å². The van der Waals surface area contributed by atoms with Crippen molar-refractivity contribution in [1.82, 2.24) is 0 Å². The first-order valence-corrected chi connectivity index (χ1v) is 11.0. The Bertz CT molecular complexity index is 954. The molecule has 164 valence electrons. The Balaban J connectivity index is 0.00000166. The minimum absolute atomic E-state index is 0.0766. The largest absolute Gasteiger partial charge is 0.482 e. The molecular formula is C28H34O3. The lowest BCUT2D eigenvalue weighted by Gasteiger charge is -2.29. The summed E-state index contributed by atoms with van der Waals surface area (Å²) in [6, 6.07) is 25.1. The molecule has 0 aliphatic rings. The Kier molecular flexibility index (Phi) is 8.87. The van der Waals surface area contributed by atoms with Gasteiger partial charge in [0.25, 0.3) is 0 Å². The Morgan fingerprint density at radius 1 is 0.871 bits per heavy atom. The Morgan fingerprint density at radius 3 is 2.10 bits per heavy atom. The molecule has 3 aromatic carbocycles. The van der Waals surface area contributed by atoms with Gasteiger partial charge in [-0.3, -0.25) is 0 Å². The summed E-state index contributed by atoms with van der Waals surface area (Å²) in [5.74, 6) is 0.299. The van der Waals surface area contributed by atoms with Crippen molar-refractivity contribution in [1.29, 1.82) is 0 Å². The highest BCUT2D eigenvalue weighted by atomic mass is 16.6. The smallest absolute Gasteiger partial charge is 0.344 e. The zero-order valence-electron chi connectivity index (χ0n) is 19.6. The van der Waals surface area contributed by atoms with Gasteiger partial charge in [-0.2, -0.15) is 0 Å². The van der Waals surface area contributed by atoms with Crippen LogP contribution >= 0.6 is 0 Å². The number of rotatable bonds is 7. The Morgan fingerprint density at radius 2 is 1.48 bits per heavy atom. The monoisotopic (exact) mass is 418 g/mol. The van der Waals surface area contributed by atoms with E-state index in [1.165, 1.54) is 27.8 Å². The molecule has 0 amide bonds. The second-order valence-electron chi connectivity index (χ2n) is 7.65. The molecule has 0 fully saturated rings.